The molecule has 0 radical (unpaired) electrons. The highest BCUT2D eigenvalue weighted by Gasteiger charge is 2.17. The first-order chi connectivity index (χ1) is 9.13. The molecule has 1 aromatic carbocycles. The van der Waals surface area contributed by atoms with Gasteiger partial charge in [0.1, 0.15) is 11.3 Å². The number of aryl methyl sites for hydroxylation is 1. The molecule has 1 N–H and O–H groups in total. The minimum atomic E-state index is -0.869. The summed E-state index contributed by atoms with van der Waals surface area (Å²) in [5.74, 6) is 0.468. The molecule has 0 spiro atoms. The molecule has 19 heavy (non-hydrogen) atoms. The van der Waals surface area contributed by atoms with Crippen LogP contribution in [0.25, 0.3) is 11.0 Å². The van der Waals surface area contributed by atoms with Crippen LogP contribution in [0.4, 0.5) is 0 Å². The zero-order valence-electron chi connectivity index (χ0n) is 10.3. The molecule has 3 rings (SSSR count). The molecule has 2 aromatic heterocycles. The molecular formula is C15H12ClNO2. The van der Waals surface area contributed by atoms with Gasteiger partial charge in [-0.1, -0.05) is 17.7 Å². The smallest absolute Gasteiger partial charge is 0.153 e. The Kier molecular flexibility index (Phi) is 3.01. The average molecular weight is 274 g/mol. The lowest BCUT2D eigenvalue weighted by Crippen LogP contribution is -2.01. The van der Waals surface area contributed by atoms with Crippen molar-refractivity contribution in [1.82, 2.24) is 4.98 Å². The maximum absolute atomic E-state index is 10.3. The number of aliphatic hydroxyl groups is 1. The summed E-state index contributed by atoms with van der Waals surface area (Å²) in [6, 6.07) is 12.7. The van der Waals surface area contributed by atoms with Gasteiger partial charge >= 0.3 is 0 Å². The number of pyridine rings is 1. The fraction of sp³-hybridized carbons (Fsp3) is 0.133. The largest absolute Gasteiger partial charge is 0.458 e. The summed E-state index contributed by atoms with van der Waals surface area (Å²) in [5, 5.41) is 11.8. The second kappa shape index (κ2) is 4.68. The number of aliphatic hydroxyl groups excluding tert-OH is 1. The van der Waals surface area contributed by atoms with Crippen molar-refractivity contribution in [3.05, 3.63) is 64.6 Å². The Morgan fingerprint density at radius 3 is 2.84 bits per heavy atom. The fourth-order valence-electron chi connectivity index (χ4n) is 2.03. The first kappa shape index (κ1) is 12.2. The van der Waals surface area contributed by atoms with Crippen LogP contribution >= 0.6 is 11.6 Å². The van der Waals surface area contributed by atoms with Crippen LogP contribution in [0.5, 0.6) is 0 Å². The van der Waals surface area contributed by atoms with Gasteiger partial charge in [-0.3, -0.25) is 4.98 Å². The third kappa shape index (κ3) is 2.35. The molecule has 1 unspecified atom stereocenters. The van der Waals surface area contributed by atoms with Gasteiger partial charge in [0.25, 0.3) is 0 Å². The quantitative estimate of drug-likeness (QED) is 0.771. The third-order valence-corrected chi connectivity index (χ3v) is 3.19. The van der Waals surface area contributed by atoms with Gasteiger partial charge in [-0.2, -0.15) is 0 Å². The van der Waals surface area contributed by atoms with E-state index in [2.05, 4.69) is 4.98 Å². The number of aromatic nitrogens is 1. The Hall–Kier alpha value is -1.84. The zero-order valence-corrected chi connectivity index (χ0v) is 11.1. The lowest BCUT2D eigenvalue weighted by molar-refractivity contribution is 0.187. The summed E-state index contributed by atoms with van der Waals surface area (Å²) < 4.78 is 5.63. The van der Waals surface area contributed by atoms with Crippen molar-refractivity contribution < 1.29 is 9.52 Å². The van der Waals surface area contributed by atoms with Crippen molar-refractivity contribution in [3.8, 4) is 0 Å². The average Bonchev–Trinajstić information content (AvgIpc) is 2.80. The van der Waals surface area contributed by atoms with E-state index >= 15 is 0 Å². The fourth-order valence-corrected chi connectivity index (χ4v) is 2.21. The van der Waals surface area contributed by atoms with Gasteiger partial charge < -0.3 is 9.52 Å². The second-order valence-electron chi connectivity index (χ2n) is 4.44. The summed E-state index contributed by atoms with van der Waals surface area (Å²) in [5.41, 5.74) is 2.13. The molecule has 0 bridgehead atoms. The van der Waals surface area contributed by atoms with Crippen molar-refractivity contribution in [3.63, 3.8) is 0 Å². The molecule has 0 fully saturated rings. The minimum absolute atomic E-state index is 0.468. The number of furan rings is 1. The van der Waals surface area contributed by atoms with Gasteiger partial charge in [0.2, 0.25) is 0 Å². The van der Waals surface area contributed by atoms with E-state index in [9.17, 15) is 5.11 Å². The first-order valence-corrected chi connectivity index (χ1v) is 6.32. The summed E-state index contributed by atoms with van der Waals surface area (Å²) in [6.45, 7) is 1.88. The normalized spacial score (nSPS) is 12.8. The number of fused-ring (bicyclic) bond motifs is 1. The number of rotatable bonds is 2. The molecular weight excluding hydrogens is 262 g/mol. The van der Waals surface area contributed by atoms with E-state index in [4.69, 9.17) is 16.0 Å². The van der Waals surface area contributed by atoms with E-state index < -0.39 is 6.10 Å². The van der Waals surface area contributed by atoms with E-state index in [1.165, 1.54) is 0 Å². The highest BCUT2D eigenvalue weighted by molar-refractivity contribution is 6.31. The van der Waals surface area contributed by atoms with Crippen LogP contribution < -0.4 is 0 Å². The maximum atomic E-state index is 10.3. The SMILES string of the molecule is Cc1cccc(C(O)c2cc3cc(Cl)ccc3o2)n1. The molecule has 0 aliphatic heterocycles. The van der Waals surface area contributed by atoms with Gasteiger partial charge in [0.15, 0.2) is 6.10 Å². The molecule has 1 atom stereocenters. The van der Waals surface area contributed by atoms with Gasteiger partial charge in [0.05, 0.1) is 5.69 Å². The predicted molar refractivity (Wildman–Crippen MR) is 74.3 cm³/mol. The van der Waals surface area contributed by atoms with Crippen LogP contribution in [-0.4, -0.2) is 10.1 Å². The summed E-state index contributed by atoms with van der Waals surface area (Å²) in [7, 11) is 0. The van der Waals surface area contributed by atoms with Crippen molar-refractivity contribution >= 4 is 22.6 Å². The highest BCUT2D eigenvalue weighted by atomic mass is 35.5. The van der Waals surface area contributed by atoms with Crippen LogP contribution in [0, 0.1) is 6.92 Å². The van der Waals surface area contributed by atoms with Crippen LogP contribution in [0.15, 0.2) is 46.9 Å². The molecule has 3 aromatic rings. The van der Waals surface area contributed by atoms with E-state index in [1.807, 2.05) is 19.1 Å². The molecule has 4 heteroatoms. The van der Waals surface area contributed by atoms with Crippen LogP contribution in [0.1, 0.15) is 23.3 Å². The van der Waals surface area contributed by atoms with E-state index in [-0.39, 0.29) is 0 Å². The van der Waals surface area contributed by atoms with Gasteiger partial charge in [0, 0.05) is 16.1 Å². The van der Waals surface area contributed by atoms with Crippen molar-refractivity contribution in [2.75, 3.05) is 0 Å². The summed E-state index contributed by atoms with van der Waals surface area (Å²) in [4.78, 5) is 4.30. The molecule has 0 aliphatic rings. The lowest BCUT2D eigenvalue weighted by atomic mass is 10.1. The number of hydrogen-bond acceptors (Lipinski definition) is 3. The van der Waals surface area contributed by atoms with Crippen molar-refractivity contribution in [1.29, 1.82) is 0 Å². The molecule has 0 amide bonds. The van der Waals surface area contributed by atoms with Crippen LogP contribution in [-0.2, 0) is 0 Å². The Bertz CT molecular complexity index is 736. The van der Waals surface area contributed by atoms with Gasteiger partial charge in [-0.15, -0.1) is 0 Å². The zero-order chi connectivity index (χ0) is 13.4. The molecule has 0 aliphatic carbocycles. The summed E-state index contributed by atoms with van der Waals surface area (Å²) in [6.07, 6.45) is -0.869. The van der Waals surface area contributed by atoms with Gasteiger partial charge in [-0.05, 0) is 43.3 Å². The number of halogens is 1. The minimum Gasteiger partial charge on any atom is -0.458 e. The van der Waals surface area contributed by atoms with Crippen molar-refractivity contribution in [2.24, 2.45) is 0 Å². The lowest BCUT2D eigenvalue weighted by Gasteiger charge is -2.07. The molecule has 3 nitrogen and oxygen atoms in total. The molecule has 0 saturated heterocycles. The molecule has 0 saturated carbocycles. The highest BCUT2D eigenvalue weighted by Crippen LogP contribution is 2.29. The Labute approximate surface area is 115 Å². The van der Waals surface area contributed by atoms with E-state index in [0.717, 1.165) is 11.1 Å². The van der Waals surface area contributed by atoms with Crippen molar-refractivity contribution in [2.45, 2.75) is 13.0 Å². The topological polar surface area (TPSA) is 46.3 Å². The standard InChI is InChI=1S/C15H12ClNO2/c1-9-3-2-4-12(17-9)15(18)14-8-10-7-11(16)5-6-13(10)19-14/h2-8,15,18H,1H3. The van der Waals surface area contributed by atoms with Gasteiger partial charge in [-0.25, -0.2) is 0 Å². The third-order valence-electron chi connectivity index (χ3n) is 2.96. The Morgan fingerprint density at radius 1 is 1.21 bits per heavy atom. The van der Waals surface area contributed by atoms with E-state index in [1.54, 1.807) is 30.3 Å². The monoisotopic (exact) mass is 273 g/mol. The number of benzene rings is 1. The second-order valence-corrected chi connectivity index (χ2v) is 4.87. The Morgan fingerprint density at radius 2 is 2.05 bits per heavy atom. The molecule has 96 valence electrons. The molecule has 2 heterocycles. The first-order valence-electron chi connectivity index (χ1n) is 5.94. The number of nitrogens with zero attached hydrogens (tertiary/aromatic N) is 1. The van der Waals surface area contributed by atoms with Crippen LogP contribution in [0.2, 0.25) is 5.02 Å². The van der Waals surface area contributed by atoms with E-state index in [0.29, 0.717) is 22.1 Å². The predicted octanol–water partition coefficient (Wildman–Crippen LogP) is 3.87. The number of hydrogen-bond donors (Lipinski definition) is 1. The van der Waals surface area contributed by atoms with Crippen LogP contribution in [0.3, 0.4) is 0 Å². The summed E-state index contributed by atoms with van der Waals surface area (Å²) >= 11 is 5.93. The maximum Gasteiger partial charge on any atom is 0.153 e. The Balaban J connectivity index is 2.04.